The fourth-order valence-corrected chi connectivity index (χ4v) is 0.568. The van der Waals surface area contributed by atoms with Crippen molar-refractivity contribution in [3.05, 3.63) is 11.9 Å². The van der Waals surface area contributed by atoms with E-state index in [9.17, 15) is 13.2 Å². The molecule has 0 unspecified atom stereocenters. The molecule has 0 radical (unpaired) electrons. The van der Waals surface area contributed by atoms with Crippen LogP contribution in [0.4, 0.5) is 13.2 Å². The molecule has 0 aliphatic heterocycles. The third kappa shape index (κ3) is 2.70. The standard InChI is InChI=1S/C5H6BrF3O/c1-10-5(8,9)4(7)2-3-6/h2H,3H2,1H3. The summed E-state index contributed by atoms with van der Waals surface area (Å²) in [5, 5.41) is 0.0395. The van der Waals surface area contributed by atoms with Crippen molar-refractivity contribution < 1.29 is 17.9 Å². The lowest BCUT2D eigenvalue weighted by Gasteiger charge is -2.10. The first-order chi connectivity index (χ1) is 4.54. The van der Waals surface area contributed by atoms with E-state index in [1.807, 2.05) is 0 Å². The molecule has 0 fully saturated rings. The van der Waals surface area contributed by atoms with Gasteiger partial charge in [0.1, 0.15) is 0 Å². The van der Waals surface area contributed by atoms with Gasteiger partial charge in [0.2, 0.25) is 0 Å². The molecule has 0 aliphatic carbocycles. The lowest BCUT2D eigenvalue weighted by Crippen LogP contribution is -2.19. The summed E-state index contributed by atoms with van der Waals surface area (Å²) in [7, 11) is 0.738. The second-order valence-corrected chi connectivity index (χ2v) is 2.07. The number of alkyl halides is 3. The predicted octanol–water partition coefficient (Wildman–Crippen LogP) is 2.47. The number of hydrogen-bond acceptors (Lipinski definition) is 1. The first-order valence-electron chi connectivity index (χ1n) is 2.39. The van der Waals surface area contributed by atoms with Crippen molar-refractivity contribution in [2.45, 2.75) is 6.11 Å². The highest BCUT2D eigenvalue weighted by Gasteiger charge is 2.34. The van der Waals surface area contributed by atoms with E-state index in [1.165, 1.54) is 0 Å². The van der Waals surface area contributed by atoms with Gasteiger partial charge in [-0.15, -0.1) is 0 Å². The Bertz CT molecular complexity index is 135. The average Bonchev–Trinajstić information content (AvgIpc) is 1.89. The van der Waals surface area contributed by atoms with Crippen LogP contribution in [0, 0.1) is 0 Å². The maximum Gasteiger partial charge on any atom is 0.408 e. The van der Waals surface area contributed by atoms with E-state index in [-0.39, 0.29) is 5.33 Å². The zero-order valence-electron chi connectivity index (χ0n) is 5.20. The largest absolute Gasteiger partial charge is 0.408 e. The molecule has 5 heteroatoms. The van der Waals surface area contributed by atoms with Crippen molar-refractivity contribution in [3.63, 3.8) is 0 Å². The second kappa shape index (κ2) is 3.98. The third-order valence-electron chi connectivity index (χ3n) is 0.791. The molecule has 0 atom stereocenters. The van der Waals surface area contributed by atoms with Crippen molar-refractivity contribution in [3.8, 4) is 0 Å². The molecule has 0 heterocycles. The topological polar surface area (TPSA) is 9.23 Å². The molecular formula is C5H6BrF3O. The Kier molecular flexibility index (Phi) is 3.96. The van der Waals surface area contributed by atoms with Crippen LogP contribution < -0.4 is 0 Å². The van der Waals surface area contributed by atoms with Crippen molar-refractivity contribution in [1.29, 1.82) is 0 Å². The van der Waals surface area contributed by atoms with Crippen LogP contribution in [0.1, 0.15) is 0 Å². The number of allylic oxidation sites excluding steroid dienone is 1. The zero-order chi connectivity index (χ0) is 8.20. The van der Waals surface area contributed by atoms with Gasteiger partial charge in [0.05, 0.1) is 0 Å². The Balaban J connectivity index is 4.17. The SMILES string of the molecule is COC(F)(F)C(F)=CCBr. The van der Waals surface area contributed by atoms with E-state index in [0.29, 0.717) is 6.08 Å². The Labute approximate surface area is 65.0 Å². The molecule has 0 aliphatic rings. The summed E-state index contributed by atoms with van der Waals surface area (Å²) in [6.45, 7) is 0. The minimum absolute atomic E-state index is 0.0395. The summed E-state index contributed by atoms with van der Waals surface area (Å²) < 4.78 is 39.8. The molecule has 60 valence electrons. The minimum Gasteiger partial charge on any atom is -0.318 e. The lowest BCUT2D eigenvalue weighted by molar-refractivity contribution is -0.202. The highest BCUT2D eigenvalue weighted by molar-refractivity contribution is 9.09. The van der Waals surface area contributed by atoms with Gasteiger partial charge in [-0.2, -0.15) is 8.78 Å². The summed E-state index contributed by atoms with van der Waals surface area (Å²) >= 11 is 2.77. The monoisotopic (exact) mass is 218 g/mol. The van der Waals surface area contributed by atoms with Crippen molar-refractivity contribution in [2.24, 2.45) is 0 Å². The zero-order valence-corrected chi connectivity index (χ0v) is 6.79. The Hall–Kier alpha value is -0.0300. The van der Waals surface area contributed by atoms with Gasteiger partial charge in [0.25, 0.3) is 0 Å². The van der Waals surface area contributed by atoms with Crippen LogP contribution in [-0.4, -0.2) is 18.5 Å². The summed E-state index contributed by atoms with van der Waals surface area (Å²) in [6.07, 6.45) is -3.09. The molecule has 0 amide bonds. The van der Waals surface area contributed by atoms with Gasteiger partial charge in [-0.25, -0.2) is 4.39 Å². The van der Waals surface area contributed by atoms with E-state index in [4.69, 9.17) is 0 Å². The van der Waals surface area contributed by atoms with E-state index >= 15 is 0 Å². The van der Waals surface area contributed by atoms with E-state index in [0.717, 1.165) is 7.11 Å². The Morgan fingerprint density at radius 1 is 1.70 bits per heavy atom. The Morgan fingerprint density at radius 2 is 2.20 bits per heavy atom. The maximum atomic E-state index is 12.1. The molecule has 0 aromatic carbocycles. The summed E-state index contributed by atoms with van der Waals surface area (Å²) in [5.41, 5.74) is 0. The Morgan fingerprint density at radius 3 is 2.50 bits per heavy atom. The van der Waals surface area contributed by atoms with Crippen LogP contribution in [0.25, 0.3) is 0 Å². The van der Waals surface area contributed by atoms with Crippen LogP contribution in [0.15, 0.2) is 11.9 Å². The molecule has 0 rings (SSSR count). The molecule has 0 bridgehead atoms. The summed E-state index contributed by atoms with van der Waals surface area (Å²) in [6, 6.07) is 0. The van der Waals surface area contributed by atoms with Gasteiger partial charge in [-0.3, -0.25) is 0 Å². The first-order valence-corrected chi connectivity index (χ1v) is 3.51. The maximum absolute atomic E-state index is 12.1. The molecule has 0 saturated heterocycles. The second-order valence-electron chi connectivity index (χ2n) is 1.43. The fraction of sp³-hybridized carbons (Fsp3) is 0.600. The molecule has 0 N–H and O–H groups in total. The minimum atomic E-state index is -3.78. The highest BCUT2D eigenvalue weighted by Crippen LogP contribution is 2.25. The van der Waals surface area contributed by atoms with Gasteiger partial charge in [0, 0.05) is 12.4 Å². The molecule has 0 saturated carbocycles. The number of halogens is 4. The first kappa shape index (κ1) is 9.97. The lowest BCUT2D eigenvalue weighted by atomic mass is 10.5. The van der Waals surface area contributed by atoms with Crippen molar-refractivity contribution in [2.75, 3.05) is 12.4 Å². The molecule has 0 aromatic rings. The van der Waals surface area contributed by atoms with Gasteiger partial charge in [-0.1, -0.05) is 15.9 Å². The van der Waals surface area contributed by atoms with E-state index in [1.54, 1.807) is 0 Å². The summed E-state index contributed by atoms with van der Waals surface area (Å²) in [5.74, 6) is -1.58. The van der Waals surface area contributed by atoms with Gasteiger partial charge >= 0.3 is 6.11 Å². The van der Waals surface area contributed by atoms with Crippen LogP contribution >= 0.6 is 15.9 Å². The molecule has 0 aromatic heterocycles. The predicted molar refractivity (Wildman–Crippen MR) is 34.9 cm³/mol. The molecular weight excluding hydrogens is 213 g/mol. The normalized spacial score (nSPS) is 13.9. The highest BCUT2D eigenvalue weighted by atomic mass is 79.9. The van der Waals surface area contributed by atoms with Gasteiger partial charge in [0.15, 0.2) is 5.83 Å². The average molecular weight is 219 g/mol. The quantitative estimate of drug-likeness (QED) is 0.662. The van der Waals surface area contributed by atoms with Gasteiger partial charge < -0.3 is 4.74 Å². The van der Waals surface area contributed by atoms with Crippen LogP contribution in [0.2, 0.25) is 0 Å². The van der Waals surface area contributed by atoms with E-state index in [2.05, 4.69) is 20.7 Å². The number of rotatable bonds is 3. The molecule has 10 heavy (non-hydrogen) atoms. The number of methoxy groups -OCH3 is 1. The summed E-state index contributed by atoms with van der Waals surface area (Å²) in [4.78, 5) is 0. The van der Waals surface area contributed by atoms with Crippen molar-refractivity contribution in [1.82, 2.24) is 0 Å². The van der Waals surface area contributed by atoms with Crippen LogP contribution in [0.5, 0.6) is 0 Å². The van der Waals surface area contributed by atoms with Crippen LogP contribution in [0.3, 0.4) is 0 Å². The van der Waals surface area contributed by atoms with Crippen LogP contribution in [-0.2, 0) is 4.74 Å². The van der Waals surface area contributed by atoms with E-state index < -0.39 is 11.9 Å². The third-order valence-corrected chi connectivity index (χ3v) is 1.11. The number of hydrogen-bond donors (Lipinski definition) is 0. The smallest absolute Gasteiger partial charge is 0.318 e. The molecule has 0 spiro atoms. The van der Waals surface area contributed by atoms with Crippen molar-refractivity contribution >= 4 is 15.9 Å². The fourth-order valence-electron chi connectivity index (χ4n) is 0.284. The number of ether oxygens (including phenoxy) is 1. The molecule has 1 nitrogen and oxygen atoms in total. The van der Waals surface area contributed by atoms with Gasteiger partial charge in [-0.05, 0) is 6.08 Å².